The van der Waals surface area contributed by atoms with E-state index in [1.54, 1.807) is 24.3 Å². The van der Waals surface area contributed by atoms with E-state index in [2.05, 4.69) is 10.1 Å². The second-order valence-electron chi connectivity index (χ2n) is 6.65. The molecule has 0 atom stereocenters. The van der Waals surface area contributed by atoms with Crippen LogP contribution in [0.5, 0.6) is 5.88 Å². The fraction of sp³-hybridized carbons (Fsp3) is 0.286. The highest BCUT2D eigenvalue weighted by Crippen LogP contribution is 2.18. The summed E-state index contributed by atoms with van der Waals surface area (Å²) in [6, 6.07) is 11.5. The number of hydrogen-bond acceptors (Lipinski definition) is 6. The molecule has 3 aromatic rings. The number of rotatable bonds is 6. The number of hydrogen-bond donors (Lipinski definition) is 0. The number of benzene rings is 1. The van der Waals surface area contributed by atoms with Gasteiger partial charge in [0.15, 0.2) is 0 Å². The van der Waals surface area contributed by atoms with Crippen molar-refractivity contribution in [3.8, 4) is 5.88 Å². The van der Waals surface area contributed by atoms with Crippen LogP contribution in [0.25, 0.3) is 0 Å². The first-order valence-corrected chi connectivity index (χ1v) is 10.5. The van der Waals surface area contributed by atoms with Gasteiger partial charge in [0.2, 0.25) is 5.88 Å². The predicted molar refractivity (Wildman–Crippen MR) is 108 cm³/mol. The summed E-state index contributed by atoms with van der Waals surface area (Å²) in [5.41, 5.74) is 2.60. The van der Waals surface area contributed by atoms with E-state index in [0.717, 1.165) is 35.7 Å². The highest BCUT2D eigenvalue weighted by molar-refractivity contribution is 7.99. The van der Waals surface area contributed by atoms with Crippen LogP contribution < -0.4 is 4.74 Å². The standard InChI is InChI=1S/C21H20FN3O3S/c22-17-4-1-3-15(11-17)12-19-16(14-28-24-19)13-27-20-6-2-5-18(23-20)21(26)25-7-9-29-10-8-25/h1-6,11,14H,7-10,12-13H2. The van der Waals surface area contributed by atoms with Crippen molar-refractivity contribution in [2.75, 3.05) is 24.6 Å². The molecule has 3 heterocycles. The molecule has 0 bridgehead atoms. The molecule has 6 nitrogen and oxygen atoms in total. The SMILES string of the molecule is O=C(c1cccc(OCc2conc2Cc2cccc(F)c2)n1)N1CCSCC1. The van der Waals surface area contributed by atoms with Crippen LogP contribution >= 0.6 is 11.8 Å². The van der Waals surface area contributed by atoms with E-state index in [9.17, 15) is 9.18 Å². The quantitative estimate of drug-likeness (QED) is 0.615. The zero-order valence-electron chi connectivity index (χ0n) is 15.7. The largest absolute Gasteiger partial charge is 0.473 e. The fourth-order valence-corrected chi connectivity index (χ4v) is 3.98. The lowest BCUT2D eigenvalue weighted by Crippen LogP contribution is -2.38. The Balaban J connectivity index is 1.41. The molecule has 1 saturated heterocycles. The Kier molecular flexibility index (Phi) is 6.09. The minimum Gasteiger partial charge on any atom is -0.473 e. The maximum Gasteiger partial charge on any atom is 0.272 e. The van der Waals surface area contributed by atoms with Gasteiger partial charge in [0.1, 0.15) is 24.4 Å². The zero-order chi connectivity index (χ0) is 20.1. The summed E-state index contributed by atoms with van der Waals surface area (Å²) in [5.74, 6) is 1.89. The average Bonchev–Trinajstić information content (AvgIpc) is 3.19. The van der Waals surface area contributed by atoms with E-state index in [-0.39, 0.29) is 18.3 Å². The van der Waals surface area contributed by atoms with Crippen LogP contribution in [0, 0.1) is 5.82 Å². The summed E-state index contributed by atoms with van der Waals surface area (Å²) >= 11 is 1.85. The third kappa shape index (κ3) is 4.95. The van der Waals surface area contributed by atoms with Gasteiger partial charge >= 0.3 is 0 Å². The van der Waals surface area contributed by atoms with Crippen molar-refractivity contribution in [1.29, 1.82) is 0 Å². The number of thioether (sulfide) groups is 1. The smallest absolute Gasteiger partial charge is 0.272 e. The van der Waals surface area contributed by atoms with Crippen molar-refractivity contribution in [3.05, 3.63) is 77.1 Å². The lowest BCUT2D eigenvalue weighted by atomic mass is 10.1. The molecule has 1 amide bonds. The molecule has 0 radical (unpaired) electrons. The van der Waals surface area contributed by atoms with Crippen molar-refractivity contribution in [3.63, 3.8) is 0 Å². The molecular weight excluding hydrogens is 393 g/mol. The summed E-state index contributed by atoms with van der Waals surface area (Å²) in [6.45, 7) is 1.67. The molecule has 0 aliphatic carbocycles. The van der Waals surface area contributed by atoms with Gasteiger partial charge in [-0.15, -0.1) is 0 Å². The zero-order valence-corrected chi connectivity index (χ0v) is 16.5. The number of carbonyl (C=O) groups excluding carboxylic acids is 1. The molecule has 2 aromatic heterocycles. The van der Waals surface area contributed by atoms with Crippen molar-refractivity contribution in [1.82, 2.24) is 15.0 Å². The molecule has 1 aliphatic heterocycles. The molecule has 0 spiro atoms. The van der Waals surface area contributed by atoms with E-state index >= 15 is 0 Å². The number of aromatic nitrogens is 2. The first kappa shape index (κ1) is 19.4. The van der Waals surface area contributed by atoms with Gasteiger partial charge in [0.05, 0.1) is 11.3 Å². The second kappa shape index (κ2) is 9.09. The van der Waals surface area contributed by atoms with Crippen LogP contribution in [0.1, 0.15) is 27.3 Å². The van der Waals surface area contributed by atoms with E-state index in [0.29, 0.717) is 23.7 Å². The molecular formula is C21H20FN3O3S. The lowest BCUT2D eigenvalue weighted by Gasteiger charge is -2.26. The highest BCUT2D eigenvalue weighted by Gasteiger charge is 2.20. The van der Waals surface area contributed by atoms with Crippen molar-refractivity contribution in [2.24, 2.45) is 0 Å². The fourth-order valence-electron chi connectivity index (χ4n) is 3.08. The molecule has 1 aromatic carbocycles. The number of nitrogens with zero attached hydrogens (tertiary/aromatic N) is 3. The van der Waals surface area contributed by atoms with Gasteiger partial charge in [-0.3, -0.25) is 4.79 Å². The maximum atomic E-state index is 13.4. The van der Waals surface area contributed by atoms with Crippen molar-refractivity contribution in [2.45, 2.75) is 13.0 Å². The average molecular weight is 413 g/mol. The van der Waals surface area contributed by atoms with E-state index in [4.69, 9.17) is 9.26 Å². The Morgan fingerprint density at radius 2 is 2.03 bits per heavy atom. The van der Waals surface area contributed by atoms with Gasteiger partial charge in [-0.1, -0.05) is 23.4 Å². The molecule has 1 fully saturated rings. The third-order valence-corrected chi connectivity index (χ3v) is 5.55. The Bertz CT molecular complexity index is 989. The molecule has 29 heavy (non-hydrogen) atoms. The first-order chi connectivity index (χ1) is 14.2. The highest BCUT2D eigenvalue weighted by atomic mass is 32.2. The van der Waals surface area contributed by atoms with E-state index in [1.165, 1.54) is 18.4 Å². The van der Waals surface area contributed by atoms with Crippen LogP contribution in [-0.4, -0.2) is 45.5 Å². The Labute approximate surface area is 172 Å². The minimum atomic E-state index is -0.290. The Hall–Kier alpha value is -2.87. The number of amides is 1. The summed E-state index contributed by atoms with van der Waals surface area (Å²) in [5, 5.41) is 4.00. The van der Waals surface area contributed by atoms with Crippen LogP contribution in [0.3, 0.4) is 0 Å². The van der Waals surface area contributed by atoms with Gasteiger partial charge in [-0.2, -0.15) is 11.8 Å². The van der Waals surface area contributed by atoms with Crippen molar-refractivity contribution < 1.29 is 18.4 Å². The number of pyridine rings is 1. The molecule has 4 rings (SSSR count). The first-order valence-electron chi connectivity index (χ1n) is 9.32. The summed E-state index contributed by atoms with van der Waals surface area (Å²) in [4.78, 5) is 18.8. The monoisotopic (exact) mass is 413 g/mol. The molecule has 8 heteroatoms. The van der Waals surface area contributed by atoms with E-state index in [1.807, 2.05) is 22.7 Å². The molecule has 1 aliphatic rings. The summed E-state index contributed by atoms with van der Waals surface area (Å²) in [6.07, 6.45) is 1.95. The molecule has 0 unspecified atom stereocenters. The third-order valence-electron chi connectivity index (χ3n) is 4.61. The molecule has 0 N–H and O–H groups in total. The second-order valence-corrected chi connectivity index (χ2v) is 7.87. The predicted octanol–water partition coefficient (Wildman–Crippen LogP) is 3.57. The Morgan fingerprint density at radius 1 is 1.21 bits per heavy atom. The van der Waals surface area contributed by atoms with Gasteiger partial charge in [-0.05, 0) is 23.8 Å². The summed E-state index contributed by atoms with van der Waals surface area (Å²) < 4.78 is 24.2. The Morgan fingerprint density at radius 3 is 2.86 bits per heavy atom. The van der Waals surface area contributed by atoms with Crippen LogP contribution in [0.4, 0.5) is 4.39 Å². The van der Waals surface area contributed by atoms with Crippen LogP contribution in [0.2, 0.25) is 0 Å². The van der Waals surface area contributed by atoms with Crippen LogP contribution in [-0.2, 0) is 13.0 Å². The van der Waals surface area contributed by atoms with Gasteiger partial charge in [-0.25, -0.2) is 9.37 Å². The lowest BCUT2D eigenvalue weighted by molar-refractivity contribution is 0.0765. The van der Waals surface area contributed by atoms with E-state index < -0.39 is 0 Å². The van der Waals surface area contributed by atoms with Crippen molar-refractivity contribution >= 4 is 17.7 Å². The molecule has 0 saturated carbocycles. The maximum absolute atomic E-state index is 13.4. The minimum absolute atomic E-state index is 0.0764. The van der Waals surface area contributed by atoms with Gasteiger partial charge < -0.3 is 14.2 Å². The normalized spacial score (nSPS) is 14.0. The van der Waals surface area contributed by atoms with Gasteiger partial charge in [0.25, 0.3) is 5.91 Å². The summed E-state index contributed by atoms with van der Waals surface area (Å²) in [7, 11) is 0. The number of ether oxygens (including phenoxy) is 1. The topological polar surface area (TPSA) is 68.5 Å². The van der Waals surface area contributed by atoms with Gasteiger partial charge in [0, 0.05) is 37.1 Å². The molecule has 150 valence electrons. The number of halogens is 1. The number of carbonyl (C=O) groups is 1. The van der Waals surface area contributed by atoms with Crippen LogP contribution in [0.15, 0.2) is 53.3 Å².